The summed E-state index contributed by atoms with van der Waals surface area (Å²) >= 11 is 6.32. The molecule has 1 fully saturated rings. The highest BCUT2D eigenvalue weighted by Crippen LogP contribution is 2.32. The molecule has 0 radical (unpaired) electrons. The fraction of sp³-hybridized carbons (Fsp3) is 0.750. The summed E-state index contributed by atoms with van der Waals surface area (Å²) in [5, 5.41) is 0.591. The van der Waals surface area contributed by atoms with Gasteiger partial charge in [-0.25, -0.2) is 9.97 Å². The summed E-state index contributed by atoms with van der Waals surface area (Å²) in [5.41, 5.74) is 0.924. The maximum atomic E-state index is 6.32. The van der Waals surface area contributed by atoms with E-state index in [2.05, 4.69) is 44.5 Å². The summed E-state index contributed by atoms with van der Waals surface area (Å²) in [7, 11) is 0. The molecule has 0 N–H and O–H groups in total. The molecule has 20 heavy (non-hydrogen) atoms. The van der Waals surface area contributed by atoms with Gasteiger partial charge >= 0.3 is 0 Å². The zero-order chi connectivity index (χ0) is 15.1. The van der Waals surface area contributed by atoms with Crippen LogP contribution in [0.4, 0.5) is 5.82 Å². The van der Waals surface area contributed by atoms with Gasteiger partial charge in [0.25, 0.3) is 0 Å². The van der Waals surface area contributed by atoms with Crippen molar-refractivity contribution >= 4 is 17.4 Å². The summed E-state index contributed by atoms with van der Waals surface area (Å²) in [4.78, 5) is 11.6. The van der Waals surface area contributed by atoms with Crippen LogP contribution in [0.15, 0.2) is 0 Å². The molecule has 2 rings (SSSR count). The molecular formula is C16H26ClN3. The topological polar surface area (TPSA) is 29.0 Å². The third-order valence-electron chi connectivity index (χ3n) is 4.20. The van der Waals surface area contributed by atoms with Crippen LogP contribution in [-0.4, -0.2) is 23.1 Å². The first-order valence-electron chi connectivity index (χ1n) is 7.49. The first kappa shape index (κ1) is 15.6. The van der Waals surface area contributed by atoms with Gasteiger partial charge in [0.2, 0.25) is 0 Å². The molecule has 1 saturated heterocycles. The van der Waals surface area contributed by atoms with Gasteiger partial charge in [0.15, 0.2) is 0 Å². The number of halogens is 1. The van der Waals surface area contributed by atoms with E-state index >= 15 is 0 Å². The van der Waals surface area contributed by atoms with Crippen LogP contribution in [0.1, 0.15) is 52.4 Å². The first-order chi connectivity index (χ1) is 9.20. The SMILES string of the molecule is Cc1c(Cl)nc(C(C)(C)C)nc1N1CCC(C(C)C)C1. The average molecular weight is 296 g/mol. The van der Waals surface area contributed by atoms with Gasteiger partial charge in [-0.1, -0.05) is 46.2 Å². The quantitative estimate of drug-likeness (QED) is 0.765. The van der Waals surface area contributed by atoms with Crippen LogP contribution < -0.4 is 4.90 Å². The lowest BCUT2D eigenvalue weighted by Gasteiger charge is -2.24. The molecule has 112 valence electrons. The van der Waals surface area contributed by atoms with E-state index in [9.17, 15) is 0 Å². The van der Waals surface area contributed by atoms with Crippen LogP contribution >= 0.6 is 11.6 Å². The monoisotopic (exact) mass is 295 g/mol. The highest BCUT2D eigenvalue weighted by molar-refractivity contribution is 6.30. The highest BCUT2D eigenvalue weighted by Gasteiger charge is 2.29. The fourth-order valence-corrected chi connectivity index (χ4v) is 2.81. The Hall–Kier alpha value is -0.830. The zero-order valence-electron chi connectivity index (χ0n) is 13.5. The van der Waals surface area contributed by atoms with E-state index in [0.29, 0.717) is 5.15 Å². The molecule has 3 nitrogen and oxygen atoms in total. The van der Waals surface area contributed by atoms with E-state index in [0.717, 1.165) is 42.1 Å². The molecule has 1 aliphatic rings. The van der Waals surface area contributed by atoms with Crippen LogP contribution in [0.2, 0.25) is 5.15 Å². The van der Waals surface area contributed by atoms with Crippen molar-refractivity contribution in [3.8, 4) is 0 Å². The first-order valence-corrected chi connectivity index (χ1v) is 7.87. The van der Waals surface area contributed by atoms with Gasteiger partial charge in [0, 0.05) is 24.1 Å². The second kappa shape index (κ2) is 5.51. The summed E-state index contributed by atoms with van der Waals surface area (Å²) < 4.78 is 0. The van der Waals surface area contributed by atoms with E-state index < -0.39 is 0 Å². The molecule has 0 bridgehead atoms. The predicted octanol–water partition coefficient (Wildman–Crippen LogP) is 4.22. The standard InChI is InChI=1S/C16H26ClN3/c1-10(2)12-7-8-20(9-12)14-11(3)13(17)18-15(19-14)16(4,5)6/h10,12H,7-9H2,1-6H3. The summed E-state index contributed by atoms with van der Waals surface area (Å²) in [6.45, 7) is 15.1. The van der Waals surface area contributed by atoms with Crippen molar-refractivity contribution in [2.24, 2.45) is 11.8 Å². The van der Waals surface area contributed by atoms with E-state index in [-0.39, 0.29) is 5.41 Å². The predicted molar refractivity (Wildman–Crippen MR) is 85.6 cm³/mol. The Morgan fingerprint density at radius 3 is 2.40 bits per heavy atom. The summed E-state index contributed by atoms with van der Waals surface area (Å²) in [5.74, 6) is 3.33. The van der Waals surface area contributed by atoms with Gasteiger partial charge in [0.05, 0.1) is 0 Å². The van der Waals surface area contributed by atoms with Crippen LogP contribution in [0.25, 0.3) is 0 Å². The van der Waals surface area contributed by atoms with Crippen molar-refractivity contribution in [2.45, 2.75) is 53.4 Å². The van der Waals surface area contributed by atoms with Crippen LogP contribution in [-0.2, 0) is 5.41 Å². The molecule has 1 aromatic heterocycles. The maximum absolute atomic E-state index is 6.32. The van der Waals surface area contributed by atoms with Crippen molar-refractivity contribution in [1.82, 2.24) is 9.97 Å². The molecule has 0 amide bonds. The Morgan fingerprint density at radius 1 is 1.25 bits per heavy atom. The van der Waals surface area contributed by atoms with Gasteiger partial charge in [0.1, 0.15) is 16.8 Å². The molecule has 1 unspecified atom stereocenters. The number of rotatable bonds is 2. The number of hydrogen-bond donors (Lipinski definition) is 0. The summed E-state index contributed by atoms with van der Waals surface area (Å²) in [6, 6.07) is 0. The Labute approximate surface area is 127 Å². The molecule has 0 aliphatic carbocycles. The lowest BCUT2D eigenvalue weighted by molar-refractivity contribution is 0.422. The van der Waals surface area contributed by atoms with Crippen LogP contribution in [0.3, 0.4) is 0 Å². The number of nitrogens with zero attached hydrogens (tertiary/aromatic N) is 3. The number of aromatic nitrogens is 2. The molecule has 1 aromatic rings. The van der Waals surface area contributed by atoms with E-state index in [1.54, 1.807) is 0 Å². The van der Waals surface area contributed by atoms with E-state index in [4.69, 9.17) is 16.6 Å². The molecule has 0 saturated carbocycles. The molecule has 0 aromatic carbocycles. The highest BCUT2D eigenvalue weighted by atomic mass is 35.5. The van der Waals surface area contributed by atoms with Crippen LogP contribution in [0.5, 0.6) is 0 Å². The largest absolute Gasteiger partial charge is 0.356 e. The fourth-order valence-electron chi connectivity index (χ4n) is 2.65. The average Bonchev–Trinajstić information content (AvgIpc) is 2.80. The Bertz CT molecular complexity index is 491. The minimum absolute atomic E-state index is 0.0801. The number of hydrogen-bond acceptors (Lipinski definition) is 3. The van der Waals surface area contributed by atoms with Crippen molar-refractivity contribution < 1.29 is 0 Å². The molecule has 1 aliphatic heterocycles. The van der Waals surface area contributed by atoms with Gasteiger partial charge < -0.3 is 4.90 Å². The Kier molecular flexibility index (Phi) is 4.29. The van der Waals surface area contributed by atoms with Crippen molar-refractivity contribution in [3.63, 3.8) is 0 Å². The Balaban J connectivity index is 2.35. The normalized spacial score (nSPS) is 20.0. The third-order valence-corrected chi connectivity index (χ3v) is 4.57. The lowest BCUT2D eigenvalue weighted by atomic mass is 9.95. The van der Waals surface area contributed by atoms with Crippen molar-refractivity contribution in [2.75, 3.05) is 18.0 Å². The maximum Gasteiger partial charge on any atom is 0.137 e. The van der Waals surface area contributed by atoms with Gasteiger partial charge in [-0.3, -0.25) is 0 Å². The molecular weight excluding hydrogens is 270 g/mol. The second-order valence-electron chi connectivity index (χ2n) is 7.28. The van der Waals surface area contributed by atoms with Gasteiger partial charge in [-0.15, -0.1) is 0 Å². The molecule has 4 heteroatoms. The molecule has 1 atom stereocenters. The lowest BCUT2D eigenvalue weighted by Crippen LogP contribution is -2.26. The minimum Gasteiger partial charge on any atom is -0.356 e. The van der Waals surface area contributed by atoms with Crippen LogP contribution in [0, 0.1) is 18.8 Å². The van der Waals surface area contributed by atoms with E-state index in [1.807, 2.05) is 6.92 Å². The summed E-state index contributed by atoms with van der Waals surface area (Å²) in [6.07, 6.45) is 1.24. The van der Waals surface area contributed by atoms with Gasteiger partial charge in [-0.2, -0.15) is 0 Å². The Morgan fingerprint density at radius 2 is 1.90 bits per heavy atom. The molecule has 0 spiro atoms. The number of anilines is 1. The smallest absolute Gasteiger partial charge is 0.137 e. The van der Waals surface area contributed by atoms with Crippen molar-refractivity contribution in [1.29, 1.82) is 0 Å². The van der Waals surface area contributed by atoms with Crippen molar-refractivity contribution in [3.05, 3.63) is 16.5 Å². The second-order valence-corrected chi connectivity index (χ2v) is 7.63. The van der Waals surface area contributed by atoms with Gasteiger partial charge in [-0.05, 0) is 25.2 Å². The third kappa shape index (κ3) is 3.08. The van der Waals surface area contributed by atoms with E-state index in [1.165, 1.54) is 6.42 Å². The minimum atomic E-state index is -0.0801. The zero-order valence-corrected chi connectivity index (χ0v) is 14.3. The molecule has 2 heterocycles.